The lowest BCUT2D eigenvalue weighted by molar-refractivity contribution is 0.0320. The molecule has 7 heteroatoms. The van der Waals surface area contributed by atoms with Crippen LogP contribution in [0, 0.1) is 0 Å². The van der Waals surface area contributed by atoms with Crippen LogP contribution in [0.5, 0.6) is 5.88 Å². The van der Waals surface area contributed by atoms with Crippen molar-refractivity contribution in [3.05, 3.63) is 60.4 Å². The molecule has 0 aliphatic carbocycles. The number of nitrogens with zero attached hydrogens (tertiary/aromatic N) is 5. The van der Waals surface area contributed by atoms with Crippen molar-refractivity contribution in [1.29, 1.82) is 0 Å². The van der Waals surface area contributed by atoms with Crippen molar-refractivity contribution >= 4 is 16.6 Å². The van der Waals surface area contributed by atoms with E-state index in [1.54, 1.807) is 12.4 Å². The molecule has 0 atom stereocenters. The fourth-order valence-corrected chi connectivity index (χ4v) is 4.60. The molecule has 174 valence electrons. The van der Waals surface area contributed by atoms with E-state index in [2.05, 4.69) is 67.1 Å². The van der Waals surface area contributed by atoms with Crippen LogP contribution in [-0.2, 0) is 11.2 Å². The maximum Gasteiger partial charge on any atom is 0.257 e. The summed E-state index contributed by atoms with van der Waals surface area (Å²) in [5.74, 6) is 1.52. The van der Waals surface area contributed by atoms with Crippen LogP contribution in [0.3, 0.4) is 0 Å². The number of piperazine rings is 1. The highest BCUT2D eigenvalue weighted by Gasteiger charge is 2.21. The first kappa shape index (κ1) is 22.1. The maximum absolute atomic E-state index is 6.05. The van der Waals surface area contributed by atoms with Gasteiger partial charge in [0, 0.05) is 64.8 Å². The van der Waals surface area contributed by atoms with Crippen molar-refractivity contribution in [2.45, 2.75) is 6.42 Å². The molecule has 2 aliphatic heterocycles. The number of hydrogen-bond donors (Lipinski definition) is 0. The zero-order chi connectivity index (χ0) is 22.3. The highest BCUT2D eigenvalue weighted by Crippen LogP contribution is 2.24. The number of benzene rings is 2. The Morgan fingerprint density at radius 2 is 1.55 bits per heavy atom. The van der Waals surface area contributed by atoms with E-state index in [1.165, 1.54) is 16.3 Å². The van der Waals surface area contributed by atoms with Gasteiger partial charge in [-0.1, -0.05) is 42.5 Å². The van der Waals surface area contributed by atoms with Crippen molar-refractivity contribution < 1.29 is 9.47 Å². The summed E-state index contributed by atoms with van der Waals surface area (Å²) >= 11 is 0. The third-order valence-corrected chi connectivity index (χ3v) is 6.60. The topological polar surface area (TPSA) is 54.0 Å². The fraction of sp³-hybridized carbons (Fsp3) is 0.462. The van der Waals surface area contributed by atoms with E-state index in [0.717, 1.165) is 77.8 Å². The summed E-state index contributed by atoms with van der Waals surface area (Å²) in [6, 6.07) is 15.4. The van der Waals surface area contributed by atoms with Gasteiger partial charge in [-0.05, 0) is 22.8 Å². The lowest BCUT2D eigenvalue weighted by atomic mass is 10.0. The van der Waals surface area contributed by atoms with Gasteiger partial charge in [-0.3, -0.25) is 9.80 Å². The molecule has 0 saturated carbocycles. The van der Waals surface area contributed by atoms with Crippen molar-refractivity contribution in [2.75, 3.05) is 77.1 Å². The number of morpholine rings is 1. The van der Waals surface area contributed by atoms with Gasteiger partial charge in [0.1, 0.15) is 6.61 Å². The molecular formula is C26H33N5O2. The minimum Gasteiger partial charge on any atom is -0.474 e. The Kier molecular flexibility index (Phi) is 7.30. The van der Waals surface area contributed by atoms with Gasteiger partial charge in [-0.25, -0.2) is 9.97 Å². The smallest absolute Gasteiger partial charge is 0.257 e. The van der Waals surface area contributed by atoms with Crippen LogP contribution in [0.1, 0.15) is 5.56 Å². The van der Waals surface area contributed by atoms with Crippen LogP contribution < -0.4 is 9.64 Å². The molecule has 0 bridgehead atoms. The number of rotatable bonds is 8. The van der Waals surface area contributed by atoms with Crippen LogP contribution in [0.4, 0.5) is 5.82 Å². The largest absolute Gasteiger partial charge is 0.474 e. The third-order valence-electron chi connectivity index (χ3n) is 6.60. The van der Waals surface area contributed by atoms with Crippen molar-refractivity contribution in [3.63, 3.8) is 0 Å². The lowest BCUT2D eigenvalue weighted by Crippen LogP contribution is -2.47. The average molecular weight is 448 g/mol. The lowest BCUT2D eigenvalue weighted by Gasteiger charge is -2.35. The SMILES string of the molecule is c1ccc2cc(CCN3CCN(c4nccnc4OCCN4CCOCC4)CC3)ccc2c1. The molecule has 2 saturated heterocycles. The van der Waals surface area contributed by atoms with Crippen LogP contribution in [0.25, 0.3) is 10.8 Å². The van der Waals surface area contributed by atoms with E-state index in [0.29, 0.717) is 12.5 Å². The molecule has 2 aliphatic rings. The maximum atomic E-state index is 6.05. The summed E-state index contributed by atoms with van der Waals surface area (Å²) in [6.07, 6.45) is 4.55. The molecule has 1 aromatic heterocycles. The molecule has 0 unspecified atom stereocenters. The Hall–Kier alpha value is -2.74. The number of hydrogen-bond acceptors (Lipinski definition) is 7. The Balaban J connectivity index is 1.11. The number of anilines is 1. The zero-order valence-electron chi connectivity index (χ0n) is 19.2. The first-order valence-corrected chi connectivity index (χ1v) is 12.0. The van der Waals surface area contributed by atoms with Gasteiger partial charge in [-0.2, -0.15) is 0 Å². The Morgan fingerprint density at radius 3 is 2.39 bits per heavy atom. The zero-order valence-corrected chi connectivity index (χ0v) is 19.2. The van der Waals surface area contributed by atoms with Crippen LogP contribution in [0.15, 0.2) is 54.9 Å². The standard InChI is InChI=1S/C26H33N5O2/c1-2-4-24-21-22(5-6-23(24)3-1)7-10-29-11-13-31(14-12-29)25-26(28-9-8-27-25)33-20-17-30-15-18-32-19-16-30/h1-6,8-9,21H,7,10-20H2. The molecule has 0 N–H and O–H groups in total. The van der Waals surface area contributed by atoms with E-state index < -0.39 is 0 Å². The van der Waals surface area contributed by atoms with Gasteiger partial charge in [0.15, 0.2) is 5.82 Å². The highest BCUT2D eigenvalue weighted by atomic mass is 16.5. The Labute approximate surface area is 195 Å². The van der Waals surface area contributed by atoms with E-state index >= 15 is 0 Å². The van der Waals surface area contributed by atoms with Gasteiger partial charge >= 0.3 is 0 Å². The fourth-order valence-electron chi connectivity index (χ4n) is 4.60. The van der Waals surface area contributed by atoms with Gasteiger partial charge in [0.05, 0.1) is 13.2 Å². The van der Waals surface area contributed by atoms with E-state index in [-0.39, 0.29) is 0 Å². The number of aromatic nitrogens is 2. The predicted octanol–water partition coefficient (Wildman–Crippen LogP) is 2.71. The number of fused-ring (bicyclic) bond motifs is 1. The van der Waals surface area contributed by atoms with Crippen LogP contribution in [-0.4, -0.2) is 91.9 Å². The predicted molar refractivity (Wildman–Crippen MR) is 131 cm³/mol. The summed E-state index contributed by atoms with van der Waals surface area (Å²) in [4.78, 5) is 16.3. The first-order chi connectivity index (χ1) is 16.3. The third kappa shape index (κ3) is 5.79. The monoisotopic (exact) mass is 447 g/mol. The highest BCUT2D eigenvalue weighted by molar-refractivity contribution is 5.82. The summed E-state index contributed by atoms with van der Waals surface area (Å²) in [6.45, 7) is 10.1. The second kappa shape index (κ2) is 10.9. The van der Waals surface area contributed by atoms with Gasteiger partial charge in [0.2, 0.25) is 0 Å². The summed E-state index contributed by atoms with van der Waals surface area (Å²) in [5, 5.41) is 2.63. The minimum absolute atomic E-state index is 0.622. The molecule has 3 aromatic rings. The van der Waals surface area contributed by atoms with Crippen molar-refractivity contribution in [3.8, 4) is 5.88 Å². The molecule has 3 heterocycles. The van der Waals surface area contributed by atoms with Crippen molar-refractivity contribution in [2.24, 2.45) is 0 Å². The van der Waals surface area contributed by atoms with E-state index in [9.17, 15) is 0 Å². The molecule has 5 rings (SSSR count). The molecule has 0 radical (unpaired) electrons. The second-order valence-corrected chi connectivity index (χ2v) is 8.75. The summed E-state index contributed by atoms with van der Waals surface area (Å²) < 4.78 is 11.5. The Bertz CT molecular complexity index is 1030. The van der Waals surface area contributed by atoms with E-state index in [1.807, 2.05) is 0 Å². The molecule has 7 nitrogen and oxygen atoms in total. The Morgan fingerprint density at radius 1 is 0.788 bits per heavy atom. The molecule has 2 fully saturated rings. The van der Waals surface area contributed by atoms with Crippen LogP contribution >= 0.6 is 0 Å². The summed E-state index contributed by atoms with van der Waals surface area (Å²) in [5.41, 5.74) is 1.40. The molecule has 0 amide bonds. The second-order valence-electron chi connectivity index (χ2n) is 8.75. The minimum atomic E-state index is 0.622. The average Bonchev–Trinajstić information content (AvgIpc) is 2.89. The summed E-state index contributed by atoms with van der Waals surface area (Å²) in [7, 11) is 0. The normalized spacial score (nSPS) is 18.0. The van der Waals surface area contributed by atoms with Gasteiger partial charge in [0.25, 0.3) is 5.88 Å². The molecule has 33 heavy (non-hydrogen) atoms. The van der Waals surface area contributed by atoms with Gasteiger partial charge in [-0.15, -0.1) is 0 Å². The molecule has 0 spiro atoms. The van der Waals surface area contributed by atoms with E-state index in [4.69, 9.17) is 9.47 Å². The number of ether oxygens (including phenoxy) is 2. The van der Waals surface area contributed by atoms with Gasteiger partial charge < -0.3 is 14.4 Å². The quantitative estimate of drug-likeness (QED) is 0.526. The first-order valence-electron chi connectivity index (χ1n) is 12.0. The van der Waals surface area contributed by atoms with Crippen molar-refractivity contribution in [1.82, 2.24) is 19.8 Å². The molecular weight excluding hydrogens is 414 g/mol. The molecule has 2 aromatic carbocycles. The van der Waals surface area contributed by atoms with Crippen LogP contribution in [0.2, 0.25) is 0 Å².